The number of nitrogens with zero attached hydrogens (tertiary/aromatic N) is 2. The molecule has 1 aliphatic rings. The number of carboxylic acids is 1. The molecule has 6 nitrogen and oxygen atoms in total. The lowest BCUT2D eigenvalue weighted by Crippen LogP contribution is -2.31. The second kappa shape index (κ2) is 6.09. The van der Waals surface area contributed by atoms with Crippen LogP contribution in [0.15, 0.2) is 11.4 Å². The van der Waals surface area contributed by atoms with E-state index in [2.05, 4.69) is 10.3 Å². The van der Waals surface area contributed by atoms with Crippen LogP contribution >= 0.6 is 11.8 Å². The number of carbonyl (C=O) groups is 2. The number of carbonyl (C=O) groups excluding carboxylic acids is 1. The molecule has 1 heterocycles. The highest BCUT2D eigenvalue weighted by molar-refractivity contribution is 7.99. The van der Waals surface area contributed by atoms with Crippen molar-refractivity contribution >= 4 is 23.6 Å². The van der Waals surface area contributed by atoms with Gasteiger partial charge in [-0.3, -0.25) is 9.59 Å². The van der Waals surface area contributed by atoms with Gasteiger partial charge in [0.05, 0.1) is 5.75 Å². The Hall–Kier alpha value is -1.50. The Morgan fingerprint density at radius 2 is 2.14 bits per heavy atom. The lowest BCUT2D eigenvalue weighted by atomic mass is 9.92. The highest BCUT2D eigenvalue weighted by atomic mass is 32.2. The van der Waals surface area contributed by atoms with Crippen molar-refractivity contribution in [3.63, 3.8) is 0 Å². The summed E-state index contributed by atoms with van der Waals surface area (Å²) < 4.78 is 1.82. The summed E-state index contributed by atoms with van der Waals surface area (Å²) in [7, 11) is 0. The highest BCUT2D eigenvalue weighted by Crippen LogP contribution is 2.27. The van der Waals surface area contributed by atoms with Crippen molar-refractivity contribution in [2.24, 2.45) is 0 Å². The Labute approximate surface area is 128 Å². The van der Waals surface area contributed by atoms with E-state index in [1.165, 1.54) is 0 Å². The van der Waals surface area contributed by atoms with Crippen molar-refractivity contribution in [2.45, 2.75) is 56.8 Å². The van der Waals surface area contributed by atoms with Crippen LogP contribution in [0.2, 0.25) is 0 Å². The van der Waals surface area contributed by atoms with Crippen molar-refractivity contribution in [2.75, 3.05) is 5.75 Å². The standard InChI is InChI=1S/C14H21N3O3S/c1-14(2,3)10-6-15-13(21-8-12(19)20)17(10)7-11(18)16-9-4-5-9/h6,9H,4-5,7-8H2,1-3H3,(H,16,18)(H,19,20). The largest absolute Gasteiger partial charge is 0.481 e. The molecule has 116 valence electrons. The van der Waals surface area contributed by atoms with Crippen LogP contribution < -0.4 is 5.32 Å². The van der Waals surface area contributed by atoms with Crippen molar-refractivity contribution in [3.05, 3.63) is 11.9 Å². The van der Waals surface area contributed by atoms with Gasteiger partial charge >= 0.3 is 5.97 Å². The fraction of sp³-hybridized carbons (Fsp3) is 0.643. The summed E-state index contributed by atoms with van der Waals surface area (Å²) in [6, 6.07) is 0.314. The van der Waals surface area contributed by atoms with Gasteiger partial charge in [-0.25, -0.2) is 4.98 Å². The van der Waals surface area contributed by atoms with Gasteiger partial charge in [0.1, 0.15) is 6.54 Å². The maximum Gasteiger partial charge on any atom is 0.313 e. The molecular formula is C14H21N3O3S. The molecule has 1 saturated carbocycles. The first-order valence-corrected chi connectivity index (χ1v) is 7.96. The van der Waals surface area contributed by atoms with E-state index < -0.39 is 5.97 Å². The SMILES string of the molecule is CC(C)(C)c1cnc(SCC(=O)O)n1CC(=O)NC1CC1. The molecule has 0 saturated heterocycles. The number of thioether (sulfide) groups is 1. The molecule has 0 aliphatic heterocycles. The fourth-order valence-corrected chi connectivity index (χ4v) is 2.69. The second-order valence-electron chi connectivity index (χ2n) is 6.29. The maximum atomic E-state index is 12.0. The third-order valence-electron chi connectivity index (χ3n) is 3.16. The molecule has 1 aromatic rings. The minimum Gasteiger partial charge on any atom is -0.481 e. The van der Waals surface area contributed by atoms with Crippen LogP contribution in [-0.2, 0) is 21.5 Å². The summed E-state index contributed by atoms with van der Waals surface area (Å²) in [5.74, 6) is -1.00. The quantitative estimate of drug-likeness (QED) is 0.780. The topological polar surface area (TPSA) is 84.2 Å². The van der Waals surface area contributed by atoms with Gasteiger partial charge in [0.15, 0.2) is 5.16 Å². The van der Waals surface area contributed by atoms with Crippen LogP contribution in [0.5, 0.6) is 0 Å². The normalized spacial score (nSPS) is 15.0. The first-order valence-electron chi connectivity index (χ1n) is 6.97. The fourth-order valence-electron chi connectivity index (χ4n) is 2.00. The van der Waals surface area contributed by atoms with Crippen LogP contribution in [0.3, 0.4) is 0 Å². The average molecular weight is 311 g/mol. The summed E-state index contributed by atoms with van der Waals surface area (Å²) in [6.07, 6.45) is 3.82. The van der Waals surface area contributed by atoms with Gasteiger partial charge in [-0.15, -0.1) is 0 Å². The van der Waals surface area contributed by atoms with E-state index >= 15 is 0 Å². The summed E-state index contributed by atoms with van der Waals surface area (Å²) in [5, 5.41) is 12.3. The van der Waals surface area contributed by atoms with Crippen molar-refractivity contribution in [1.29, 1.82) is 0 Å². The molecule has 21 heavy (non-hydrogen) atoms. The van der Waals surface area contributed by atoms with Crippen LogP contribution in [0.1, 0.15) is 39.3 Å². The van der Waals surface area contributed by atoms with Crippen LogP contribution in [-0.4, -0.2) is 38.3 Å². The molecule has 7 heteroatoms. The molecular weight excluding hydrogens is 290 g/mol. The van der Waals surface area contributed by atoms with E-state index in [0.29, 0.717) is 11.2 Å². The van der Waals surface area contributed by atoms with Gasteiger partial charge in [0.2, 0.25) is 5.91 Å². The number of rotatable bonds is 6. The second-order valence-corrected chi connectivity index (χ2v) is 7.23. The molecule has 0 unspecified atom stereocenters. The monoisotopic (exact) mass is 311 g/mol. The number of aromatic nitrogens is 2. The van der Waals surface area contributed by atoms with Crippen LogP contribution in [0, 0.1) is 0 Å². The first-order chi connectivity index (χ1) is 9.77. The van der Waals surface area contributed by atoms with Crippen molar-refractivity contribution < 1.29 is 14.7 Å². The lowest BCUT2D eigenvalue weighted by Gasteiger charge is -2.21. The Morgan fingerprint density at radius 1 is 1.48 bits per heavy atom. The van der Waals surface area contributed by atoms with Crippen LogP contribution in [0.4, 0.5) is 0 Å². The minimum absolute atomic E-state index is 0.0434. The summed E-state index contributed by atoms with van der Waals surface area (Å²) in [6.45, 7) is 6.33. The van der Waals surface area contributed by atoms with E-state index in [0.717, 1.165) is 30.3 Å². The van der Waals surface area contributed by atoms with Crippen LogP contribution in [0.25, 0.3) is 0 Å². The number of hydrogen-bond acceptors (Lipinski definition) is 4. The highest BCUT2D eigenvalue weighted by Gasteiger charge is 2.26. The van der Waals surface area contributed by atoms with Gasteiger partial charge < -0.3 is 15.0 Å². The van der Waals surface area contributed by atoms with E-state index in [1.54, 1.807) is 6.20 Å². The van der Waals surface area contributed by atoms with Crippen molar-refractivity contribution in [1.82, 2.24) is 14.9 Å². The average Bonchev–Trinajstić information content (AvgIpc) is 3.04. The van der Waals surface area contributed by atoms with Gasteiger partial charge in [0.25, 0.3) is 0 Å². The molecule has 2 N–H and O–H groups in total. The van der Waals surface area contributed by atoms with Gasteiger partial charge in [-0.1, -0.05) is 32.5 Å². The third-order valence-corrected chi connectivity index (χ3v) is 4.13. The summed E-state index contributed by atoms with van der Waals surface area (Å²) >= 11 is 1.14. The Balaban J connectivity index is 2.17. The van der Waals surface area contributed by atoms with E-state index in [-0.39, 0.29) is 23.6 Å². The van der Waals surface area contributed by atoms with E-state index in [4.69, 9.17) is 5.11 Å². The number of nitrogens with one attached hydrogen (secondary N) is 1. The third kappa shape index (κ3) is 4.49. The molecule has 1 aliphatic carbocycles. The zero-order valence-electron chi connectivity index (χ0n) is 12.5. The summed E-state index contributed by atoms with van der Waals surface area (Å²) in [4.78, 5) is 27.1. The molecule has 1 aromatic heterocycles. The molecule has 2 rings (SSSR count). The number of aliphatic carboxylic acids is 1. The Kier molecular flexibility index (Phi) is 4.61. The molecule has 0 aromatic carbocycles. The smallest absolute Gasteiger partial charge is 0.313 e. The lowest BCUT2D eigenvalue weighted by molar-refractivity contribution is -0.133. The number of hydrogen-bond donors (Lipinski definition) is 2. The molecule has 1 fully saturated rings. The number of carboxylic acid groups (broad SMARTS) is 1. The zero-order chi connectivity index (χ0) is 15.6. The van der Waals surface area contributed by atoms with Gasteiger partial charge in [0, 0.05) is 23.3 Å². The van der Waals surface area contributed by atoms with E-state index in [1.807, 2.05) is 25.3 Å². The number of imidazole rings is 1. The number of amides is 1. The molecule has 0 spiro atoms. The van der Waals surface area contributed by atoms with Gasteiger partial charge in [-0.2, -0.15) is 0 Å². The molecule has 0 bridgehead atoms. The molecule has 1 amide bonds. The molecule has 0 atom stereocenters. The van der Waals surface area contributed by atoms with E-state index in [9.17, 15) is 9.59 Å². The Morgan fingerprint density at radius 3 is 2.67 bits per heavy atom. The predicted molar refractivity (Wildman–Crippen MR) is 80.5 cm³/mol. The van der Waals surface area contributed by atoms with Crippen molar-refractivity contribution in [3.8, 4) is 0 Å². The predicted octanol–water partition coefficient (Wildman–Crippen LogP) is 1.64. The summed E-state index contributed by atoms with van der Waals surface area (Å²) in [5.41, 5.74) is 0.774. The first kappa shape index (κ1) is 15.9. The Bertz CT molecular complexity index is 544. The zero-order valence-corrected chi connectivity index (χ0v) is 13.4. The van der Waals surface area contributed by atoms with Gasteiger partial charge in [-0.05, 0) is 12.8 Å². The molecule has 0 radical (unpaired) electrons. The minimum atomic E-state index is -0.894. The maximum absolute atomic E-state index is 12.0.